The summed E-state index contributed by atoms with van der Waals surface area (Å²) in [5.41, 5.74) is 0.572. The lowest BCUT2D eigenvalue weighted by atomic mass is 9.99. The molecule has 0 saturated carbocycles. The highest BCUT2D eigenvalue weighted by Crippen LogP contribution is 2.41. The number of benzene rings is 2. The average molecular weight is 346 g/mol. The summed E-state index contributed by atoms with van der Waals surface area (Å²) in [4.78, 5) is 22.7. The summed E-state index contributed by atoms with van der Waals surface area (Å²) >= 11 is 0. The molecule has 1 fully saturated rings. The highest BCUT2D eigenvalue weighted by Gasteiger charge is 2.54. The van der Waals surface area contributed by atoms with Crippen LogP contribution in [0.15, 0.2) is 36.4 Å². The Balaban J connectivity index is 2.04. The predicted octanol–water partition coefficient (Wildman–Crippen LogP) is 2.36. The van der Waals surface area contributed by atoms with Gasteiger partial charge in [0.25, 0.3) is 0 Å². The molecule has 2 atom stereocenters. The van der Waals surface area contributed by atoms with Gasteiger partial charge < -0.3 is 24.4 Å². The van der Waals surface area contributed by atoms with Gasteiger partial charge in [0.15, 0.2) is 18.0 Å². The van der Waals surface area contributed by atoms with E-state index in [1.165, 1.54) is 0 Å². The van der Waals surface area contributed by atoms with E-state index in [1.54, 1.807) is 32.2 Å². The Morgan fingerprint density at radius 3 is 2.12 bits per heavy atom. The number of carboxylic acid groups (broad SMARTS) is 2. The molecule has 2 N–H and O–H groups in total. The highest BCUT2D eigenvalue weighted by molar-refractivity contribution is 5.86. The summed E-state index contributed by atoms with van der Waals surface area (Å²) in [5, 5.41) is 20.3. The fourth-order valence-electron chi connectivity index (χ4n) is 3.02. The molecule has 0 aliphatic carbocycles. The summed E-state index contributed by atoms with van der Waals surface area (Å²) in [6.45, 7) is 1.75. The number of rotatable bonds is 5. The third kappa shape index (κ3) is 2.92. The van der Waals surface area contributed by atoms with Crippen molar-refractivity contribution in [2.75, 3.05) is 7.11 Å². The van der Waals surface area contributed by atoms with Crippen molar-refractivity contribution in [3.05, 3.63) is 42.0 Å². The van der Waals surface area contributed by atoms with Gasteiger partial charge in [-0.05, 0) is 29.0 Å². The molecule has 2 aromatic carbocycles. The Morgan fingerprint density at radius 2 is 1.60 bits per heavy atom. The monoisotopic (exact) mass is 346 g/mol. The van der Waals surface area contributed by atoms with Gasteiger partial charge in [0, 0.05) is 12.0 Å². The van der Waals surface area contributed by atoms with E-state index in [2.05, 4.69) is 0 Å². The molecule has 0 amide bonds. The van der Waals surface area contributed by atoms with E-state index in [9.17, 15) is 19.8 Å². The van der Waals surface area contributed by atoms with Gasteiger partial charge in [0.2, 0.25) is 0 Å². The minimum Gasteiger partial charge on any atom is -0.497 e. The number of carboxylic acids is 2. The maximum atomic E-state index is 11.4. The van der Waals surface area contributed by atoms with Crippen LogP contribution in [0.4, 0.5) is 0 Å². The second-order valence-corrected chi connectivity index (χ2v) is 5.79. The Bertz CT molecular complexity index is 807. The fraction of sp³-hybridized carbons (Fsp3) is 0.333. The molecule has 3 rings (SSSR count). The molecule has 1 saturated heterocycles. The standard InChI is InChI=1S/C18H18O7/c1-3-18(24-14(16(19)20)15(25-18)17(21)22)12-6-4-11-9-13(23-2)7-5-10(11)8-12/h4-9,14-15H,3H2,1-2H3,(H,19,20)(H,21,22)/t14-,15-/m1/s1. The molecule has 1 aliphatic heterocycles. The van der Waals surface area contributed by atoms with E-state index in [-0.39, 0.29) is 6.42 Å². The van der Waals surface area contributed by atoms with Crippen LogP contribution >= 0.6 is 0 Å². The molecular formula is C18H18O7. The molecule has 0 bridgehead atoms. The molecule has 25 heavy (non-hydrogen) atoms. The van der Waals surface area contributed by atoms with E-state index >= 15 is 0 Å². The molecule has 0 spiro atoms. The lowest BCUT2D eigenvalue weighted by Gasteiger charge is -2.27. The zero-order valence-electron chi connectivity index (χ0n) is 13.8. The van der Waals surface area contributed by atoms with Crippen LogP contribution in [0, 0.1) is 0 Å². The first kappa shape index (κ1) is 17.2. The molecule has 0 unspecified atom stereocenters. The lowest BCUT2D eigenvalue weighted by Crippen LogP contribution is -2.36. The van der Waals surface area contributed by atoms with Crippen molar-refractivity contribution < 1.29 is 34.0 Å². The van der Waals surface area contributed by atoms with Gasteiger partial charge in [-0.25, -0.2) is 9.59 Å². The van der Waals surface area contributed by atoms with Crippen LogP contribution in [0.25, 0.3) is 10.8 Å². The van der Waals surface area contributed by atoms with Crippen molar-refractivity contribution in [1.82, 2.24) is 0 Å². The molecule has 1 heterocycles. The first-order valence-electron chi connectivity index (χ1n) is 7.79. The van der Waals surface area contributed by atoms with Crippen LogP contribution in [0.1, 0.15) is 18.9 Å². The summed E-state index contributed by atoms with van der Waals surface area (Å²) in [7, 11) is 1.58. The highest BCUT2D eigenvalue weighted by atomic mass is 16.8. The quantitative estimate of drug-likeness (QED) is 0.857. The summed E-state index contributed by atoms with van der Waals surface area (Å²) in [6, 6.07) is 10.9. The number of fused-ring (bicyclic) bond motifs is 1. The van der Waals surface area contributed by atoms with Crippen molar-refractivity contribution in [2.45, 2.75) is 31.3 Å². The summed E-state index contributed by atoms with van der Waals surface area (Å²) in [5.74, 6) is -3.43. The molecule has 132 valence electrons. The largest absolute Gasteiger partial charge is 0.497 e. The average Bonchev–Trinajstić information content (AvgIpc) is 3.03. The van der Waals surface area contributed by atoms with Crippen LogP contribution in [0.3, 0.4) is 0 Å². The maximum Gasteiger partial charge on any atom is 0.336 e. The van der Waals surface area contributed by atoms with Crippen LogP contribution in [-0.4, -0.2) is 41.5 Å². The van der Waals surface area contributed by atoms with Crippen molar-refractivity contribution in [3.63, 3.8) is 0 Å². The van der Waals surface area contributed by atoms with Crippen molar-refractivity contribution in [1.29, 1.82) is 0 Å². The van der Waals surface area contributed by atoms with E-state index < -0.39 is 29.9 Å². The molecule has 2 aromatic rings. The molecule has 7 heteroatoms. The van der Waals surface area contributed by atoms with Crippen LogP contribution in [0.2, 0.25) is 0 Å². The Kier molecular flexibility index (Phi) is 4.36. The van der Waals surface area contributed by atoms with E-state index in [4.69, 9.17) is 14.2 Å². The number of hydrogen-bond acceptors (Lipinski definition) is 5. The topological polar surface area (TPSA) is 102 Å². The van der Waals surface area contributed by atoms with Crippen molar-refractivity contribution >= 4 is 22.7 Å². The van der Waals surface area contributed by atoms with Crippen LogP contribution in [0.5, 0.6) is 5.75 Å². The first-order chi connectivity index (χ1) is 11.9. The number of methoxy groups -OCH3 is 1. The number of aliphatic carboxylic acids is 2. The second kappa shape index (κ2) is 6.34. The number of hydrogen-bond donors (Lipinski definition) is 2. The Morgan fingerprint density at radius 1 is 1.04 bits per heavy atom. The lowest BCUT2D eigenvalue weighted by molar-refractivity contribution is -0.195. The van der Waals surface area contributed by atoms with Gasteiger partial charge in [0.05, 0.1) is 7.11 Å². The SMILES string of the molecule is CCC1(c2ccc3cc(OC)ccc3c2)O[C@@H](C(=O)O)[C@H](C(=O)O)O1. The zero-order valence-corrected chi connectivity index (χ0v) is 13.8. The van der Waals surface area contributed by atoms with Crippen LogP contribution in [-0.2, 0) is 24.8 Å². The normalized spacial score (nSPS) is 22.0. The molecule has 0 aromatic heterocycles. The zero-order chi connectivity index (χ0) is 18.2. The van der Waals surface area contributed by atoms with Gasteiger partial charge in [-0.1, -0.05) is 25.1 Å². The van der Waals surface area contributed by atoms with Crippen molar-refractivity contribution in [3.8, 4) is 5.75 Å². The third-order valence-corrected chi connectivity index (χ3v) is 4.35. The molecule has 7 nitrogen and oxygen atoms in total. The molecular weight excluding hydrogens is 328 g/mol. The van der Waals surface area contributed by atoms with Crippen LogP contribution < -0.4 is 4.74 Å². The van der Waals surface area contributed by atoms with Gasteiger partial charge in [-0.3, -0.25) is 0 Å². The number of ether oxygens (including phenoxy) is 3. The number of carbonyl (C=O) groups is 2. The smallest absolute Gasteiger partial charge is 0.336 e. The Hall–Kier alpha value is -2.64. The minimum absolute atomic E-state index is 0.266. The summed E-state index contributed by atoms with van der Waals surface area (Å²) in [6.07, 6.45) is -2.87. The fourth-order valence-corrected chi connectivity index (χ4v) is 3.02. The second-order valence-electron chi connectivity index (χ2n) is 5.79. The molecule has 1 aliphatic rings. The van der Waals surface area contributed by atoms with E-state index in [1.807, 2.05) is 18.2 Å². The van der Waals surface area contributed by atoms with Gasteiger partial charge >= 0.3 is 11.9 Å². The van der Waals surface area contributed by atoms with E-state index in [0.717, 1.165) is 16.5 Å². The summed E-state index contributed by atoms with van der Waals surface area (Å²) < 4.78 is 16.4. The maximum absolute atomic E-state index is 11.4. The van der Waals surface area contributed by atoms with Crippen molar-refractivity contribution in [2.24, 2.45) is 0 Å². The Labute approximate surface area is 143 Å². The first-order valence-corrected chi connectivity index (χ1v) is 7.79. The molecule has 0 radical (unpaired) electrons. The predicted molar refractivity (Wildman–Crippen MR) is 87.5 cm³/mol. The minimum atomic E-state index is -1.57. The van der Waals surface area contributed by atoms with Gasteiger partial charge in [-0.15, -0.1) is 0 Å². The third-order valence-electron chi connectivity index (χ3n) is 4.35. The van der Waals surface area contributed by atoms with Gasteiger partial charge in [0.1, 0.15) is 5.75 Å². The van der Waals surface area contributed by atoms with Gasteiger partial charge in [-0.2, -0.15) is 0 Å². The van der Waals surface area contributed by atoms with E-state index in [0.29, 0.717) is 5.56 Å².